The van der Waals surface area contributed by atoms with Crippen molar-refractivity contribution in [2.75, 3.05) is 19.6 Å². The summed E-state index contributed by atoms with van der Waals surface area (Å²) >= 11 is 6.44. The van der Waals surface area contributed by atoms with E-state index in [0.717, 1.165) is 47.7 Å². The molecule has 0 unspecified atom stereocenters. The summed E-state index contributed by atoms with van der Waals surface area (Å²) in [5, 5.41) is 28.1. The molecule has 0 aliphatic rings. The number of halogens is 1. The van der Waals surface area contributed by atoms with Crippen molar-refractivity contribution in [3.63, 3.8) is 0 Å². The van der Waals surface area contributed by atoms with E-state index in [1.165, 1.54) is 0 Å². The van der Waals surface area contributed by atoms with E-state index >= 15 is 0 Å². The van der Waals surface area contributed by atoms with Crippen molar-refractivity contribution in [3.8, 4) is 0 Å². The van der Waals surface area contributed by atoms with E-state index in [1.54, 1.807) is 0 Å². The lowest BCUT2D eigenvalue weighted by atomic mass is 9.80. The monoisotopic (exact) mass is 464 g/mol. The third-order valence-electron chi connectivity index (χ3n) is 6.76. The van der Waals surface area contributed by atoms with Gasteiger partial charge in [0.25, 0.3) is 0 Å². The Hall–Kier alpha value is -2.66. The third kappa shape index (κ3) is 5.64. The van der Waals surface area contributed by atoms with Crippen LogP contribution in [-0.4, -0.2) is 34.9 Å². The van der Waals surface area contributed by atoms with Gasteiger partial charge in [-0.15, -0.1) is 0 Å². The molecule has 0 amide bonds. The maximum Gasteiger partial charge on any atom is 0.152 e. The first kappa shape index (κ1) is 25.0. The molecular formula is C28H33ClN2O2. The zero-order chi connectivity index (χ0) is 23.7. The summed E-state index contributed by atoms with van der Waals surface area (Å²) in [5.74, 6) is 0. The van der Waals surface area contributed by atoms with Crippen LogP contribution in [0.1, 0.15) is 43.4 Å². The summed E-state index contributed by atoms with van der Waals surface area (Å²) in [4.78, 5) is 0. The molecule has 3 aromatic rings. The minimum absolute atomic E-state index is 0.239. The number of nitrogens with zero attached hydrogens (tertiary/aromatic N) is 2. The fraction of sp³-hybridized carbons (Fsp3) is 0.321. The Balaban J connectivity index is 1.83. The third-order valence-corrected chi connectivity index (χ3v) is 7.13. The highest BCUT2D eigenvalue weighted by atomic mass is 35.5. The summed E-state index contributed by atoms with van der Waals surface area (Å²) in [7, 11) is 0. The molecule has 1 N–H and O–H groups in total. The number of aliphatic hydroxyl groups is 1. The van der Waals surface area contributed by atoms with E-state index in [0.29, 0.717) is 17.5 Å². The van der Waals surface area contributed by atoms with Crippen LogP contribution in [0.25, 0.3) is 0 Å². The highest BCUT2D eigenvalue weighted by Crippen LogP contribution is 2.33. The van der Waals surface area contributed by atoms with E-state index < -0.39 is 5.60 Å². The molecule has 0 radical (unpaired) electrons. The fourth-order valence-corrected chi connectivity index (χ4v) is 4.76. The van der Waals surface area contributed by atoms with Gasteiger partial charge in [0.05, 0.1) is 19.6 Å². The highest BCUT2D eigenvalue weighted by Gasteiger charge is 2.36. The number of benzene rings is 3. The maximum atomic E-state index is 12.1. The molecule has 174 valence electrons. The van der Waals surface area contributed by atoms with E-state index in [4.69, 9.17) is 11.6 Å². The first-order chi connectivity index (χ1) is 16.0. The molecule has 3 rings (SSSR count). The van der Waals surface area contributed by atoms with Gasteiger partial charge in [0, 0.05) is 22.7 Å². The lowest BCUT2D eigenvalue weighted by Gasteiger charge is -2.38. The molecule has 0 saturated heterocycles. The second-order valence-corrected chi connectivity index (χ2v) is 8.94. The van der Waals surface area contributed by atoms with Crippen LogP contribution in [0.5, 0.6) is 0 Å². The largest absolute Gasteiger partial charge is 0.792 e. The van der Waals surface area contributed by atoms with Gasteiger partial charge >= 0.3 is 0 Å². The SMILES string of the molecule is CC[N+](CC)(CCC/C(=N\[O-])C(O)(c1ccccc1)c1ccccc1)Cc1ccccc1Cl. The Morgan fingerprint density at radius 2 is 1.39 bits per heavy atom. The quantitative estimate of drug-likeness (QED) is 0.204. The lowest BCUT2D eigenvalue weighted by molar-refractivity contribution is -0.937. The smallest absolute Gasteiger partial charge is 0.152 e. The Labute approximate surface area is 202 Å². The van der Waals surface area contributed by atoms with Crippen LogP contribution in [-0.2, 0) is 12.1 Å². The van der Waals surface area contributed by atoms with Crippen molar-refractivity contribution in [1.29, 1.82) is 0 Å². The van der Waals surface area contributed by atoms with E-state index in [9.17, 15) is 10.3 Å². The Kier molecular flexibility index (Phi) is 8.67. The molecule has 0 heterocycles. The first-order valence-corrected chi connectivity index (χ1v) is 12.0. The molecule has 5 heteroatoms. The van der Waals surface area contributed by atoms with Crippen LogP contribution < -0.4 is 0 Å². The van der Waals surface area contributed by atoms with Gasteiger partial charge in [0.15, 0.2) is 5.60 Å². The Morgan fingerprint density at radius 1 is 0.879 bits per heavy atom. The molecule has 0 saturated carbocycles. The summed E-state index contributed by atoms with van der Waals surface area (Å²) in [5.41, 5.74) is 1.11. The molecule has 33 heavy (non-hydrogen) atoms. The van der Waals surface area contributed by atoms with Crippen molar-refractivity contribution < 1.29 is 9.59 Å². The van der Waals surface area contributed by atoms with Crippen LogP contribution in [0.2, 0.25) is 5.02 Å². The van der Waals surface area contributed by atoms with E-state index in [1.807, 2.05) is 78.9 Å². The minimum Gasteiger partial charge on any atom is -0.792 e. The van der Waals surface area contributed by atoms with Gasteiger partial charge < -0.3 is 20.0 Å². The van der Waals surface area contributed by atoms with Gasteiger partial charge in [-0.3, -0.25) is 0 Å². The van der Waals surface area contributed by atoms with Gasteiger partial charge in [-0.1, -0.05) is 90.5 Å². The number of hydrogen-bond donors (Lipinski definition) is 1. The maximum absolute atomic E-state index is 12.1. The lowest BCUT2D eigenvalue weighted by Crippen LogP contribution is -2.48. The molecule has 0 aliphatic carbocycles. The molecule has 0 bridgehead atoms. The molecule has 0 spiro atoms. The normalized spacial score (nSPS) is 12.7. The average molecular weight is 465 g/mol. The number of rotatable bonds is 11. The van der Waals surface area contributed by atoms with Crippen molar-refractivity contribution in [1.82, 2.24) is 0 Å². The van der Waals surface area contributed by atoms with Crippen LogP contribution in [0.4, 0.5) is 0 Å². The molecule has 4 nitrogen and oxygen atoms in total. The molecule has 0 fully saturated rings. The fourth-order valence-electron chi connectivity index (χ4n) is 4.56. The summed E-state index contributed by atoms with van der Waals surface area (Å²) in [6.07, 6.45) is 1.14. The van der Waals surface area contributed by atoms with E-state index in [2.05, 4.69) is 25.1 Å². The molecule has 0 aromatic heterocycles. The summed E-state index contributed by atoms with van der Waals surface area (Å²) < 4.78 is 0.852. The molecular weight excluding hydrogens is 432 g/mol. The topological polar surface area (TPSA) is 55.7 Å². The van der Waals surface area contributed by atoms with Crippen LogP contribution >= 0.6 is 11.6 Å². The first-order valence-electron chi connectivity index (χ1n) is 11.6. The standard InChI is InChI=1S/C28H33ClN2O2/c1-3-31(4-2,22-23-14-11-12-19-26(23)29)21-13-20-27(30-33)28(32,24-15-7-5-8-16-24)25-17-9-6-10-18-25/h5-12,14-19,32H,3-4,13,20-22H2,1-2H3/b30-27+. The molecule has 0 atom stereocenters. The highest BCUT2D eigenvalue weighted by molar-refractivity contribution is 6.31. The molecule has 0 aliphatic heterocycles. The molecule has 3 aromatic carbocycles. The van der Waals surface area contributed by atoms with Crippen LogP contribution in [0.3, 0.4) is 0 Å². The second-order valence-electron chi connectivity index (χ2n) is 8.53. The minimum atomic E-state index is -1.55. The predicted molar refractivity (Wildman–Crippen MR) is 137 cm³/mol. The zero-order valence-electron chi connectivity index (χ0n) is 19.5. The average Bonchev–Trinajstić information content (AvgIpc) is 2.88. The Morgan fingerprint density at radius 3 is 1.88 bits per heavy atom. The van der Waals surface area contributed by atoms with Crippen molar-refractivity contribution in [2.24, 2.45) is 5.16 Å². The van der Waals surface area contributed by atoms with Crippen LogP contribution in [0.15, 0.2) is 90.1 Å². The van der Waals surface area contributed by atoms with E-state index in [-0.39, 0.29) is 5.71 Å². The summed E-state index contributed by atoms with van der Waals surface area (Å²) in [6, 6.07) is 26.6. The predicted octanol–water partition coefficient (Wildman–Crippen LogP) is 6.35. The van der Waals surface area contributed by atoms with Crippen molar-refractivity contribution in [2.45, 2.75) is 38.8 Å². The summed E-state index contributed by atoms with van der Waals surface area (Å²) in [6.45, 7) is 7.97. The number of hydrogen-bond acceptors (Lipinski definition) is 3. The van der Waals surface area contributed by atoms with Gasteiger partial charge in [-0.05, 0) is 37.5 Å². The Bertz CT molecular complexity index is 995. The van der Waals surface area contributed by atoms with Gasteiger partial charge in [0.1, 0.15) is 6.54 Å². The second kappa shape index (κ2) is 11.5. The van der Waals surface area contributed by atoms with Gasteiger partial charge in [-0.25, -0.2) is 0 Å². The van der Waals surface area contributed by atoms with Gasteiger partial charge in [-0.2, -0.15) is 0 Å². The van der Waals surface area contributed by atoms with Gasteiger partial charge in [0.2, 0.25) is 0 Å². The van der Waals surface area contributed by atoms with Crippen molar-refractivity contribution in [3.05, 3.63) is 112 Å². The zero-order valence-corrected chi connectivity index (χ0v) is 20.2. The number of quaternary nitrogens is 1. The van der Waals surface area contributed by atoms with Crippen molar-refractivity contribution >= 4 is 17.3 Å². The van der Waals surface area contributed by atoms with Crippen LogP contribution in [0, 0.1) is 5.21 Å².